The summed E-state index contributed by atoms with van der Waals surface area (Å²) in [5.41, 5.74) is 1.01. The van der Waals surface area contributed by atoms with Crippen molar-refractivity contribution in [2.45, 2.75) is 52.1 Å². The van der Waals surface area contributed by atoms with E-state index in [-0.39, 0.29) is 11.7 Å². The SMILES string of the molecule is C=C(C=O)/C(F)=C(\C)c1ccc(O[C@H]2CC[C@@H](CC)CC2)cc1. The van der Waals surface area contributed by atoms with Crippen molar-refractivity contribution in [3.05, 3.63) is 47.8 Å². The lowest BCUT2D eigenvalue weighted by molar-refractivity contribution is -0.104. The van der Waals surface area contributed by atoms with Crippen LogP contribution in [0.5, 0.6) is 5.75 Å². The summed E-state index contributed by atoms with van der Waals surface area (Å²) in [5, 5.41) is 0. The molecule has 0 heterocycles. The number of carbonyl (C=O) groups excluding carboxylic acids is 1. The molecule has 1 aliphatic carbocycles. The third-order valence-corrected chi connectivity index (χ3v) is 4.71. The summed E-state index contributed by atoms with van der Waals surface area (Å²) in [6.45, 7) is 7.30. The van der Waals surface area contributed by atoms with Crippen LogP contribution in [0.4, 0.5) is 4.39 Å². The van der Waals surface area contributed by atoms with Crippen LogP contribution >= 0.6 is 0 Å². The van der Waals surface area contributed by atoms with Gasteiger partial charge in [-0.1, -0.05) is 32.1 Å². The summed E-state index contributed by atoms with van der Waals surface area (Å²) >= 11 is 0. The number of ether oxygens (including phenoxy) is 1. The molecule has 3 heteroatoms. The Morgan fingerprint density at radius 2 is 1.87 bits per heavy atom. The zero-order valence-corrected chi connectivity index (χ0v) is 14.0. The Hall–Kier alpha value is -1.90. The third kappa shape index (κ3) is 4.54. The van der Waals surface area contributed by atoms with Crippen LogP contribution < -0.4 is 4.74 Å². The highest BCUT2D eigenvalue weighted by Crippen LogP contribution is 2.30. The van der Waals surface area contributed by atoms with Gasteiger partial charge in [0.2, 0.25) is 0 Å². The minimum absolute atomic E-state index is 0.129. The Labute approximate surface area is 138 Å². The second-order valence-corrected chi connectivity index (χ2v) is 6.28. The van der Waals surface area contributed by atoms with Crippen LogP contribution in [0.2, 0.25) is 0 Å². The molecule has 1 fully saturated rings. The largest absolute Gasteiger partial charge is 0.490 e. The molecule has 2 nitrogen and oxygen atoms in total. The van der Waals surface area contributed by atoms with Crippen LogP contribution in [0, 0.1) is 5.92 Å². The normalized spacial score (nSPS) is 22.2. The van der Waals surface area contributed by atoms with E-state index in [0.717, 1.165) is 30.1 Å². The zero-order chi connectivity index (χ0) is 16.8. The van der Waals surface area contributed by atoms with Crippen molar-refractivity contribution in [2.24, 2.45) is 5.92 Å². The van der Waals surface area contributed by atoms with Gasteiger partial charge in [-0.05, 0) is 61.8 Å². The zero-order valence-electron chi connectivity index (χ0n) is 14.0. The highest BCUT2D eigenvalue weighted by molar-refractivity contribution is 5.84. The van der Waals surface area contributed by atoms with Gasteiger partial charge in [-0.15, -0.1) is 0 Å². The van der Waals surface area contributed by atoms with E-state index < -0.39 is 5.83 Å². The van der Waals surface area contributed by atoms with E-state index in [9.17, 15) is 9.18 Å². The fourth-order valence-electron chi connectivity index (χ4n) is 3.05. The summed E-state index contributed by atoms with van der Waals surface area (Å²) < 4.78 is 20.0. The number of hydrogen-bond acceptors (Lipinski definition) is 2. The second kappa shape index (κ2) is 8.09. The molecular formula is C20H25FO2. The Bertz CT molecular complexity index is 578. The van der Waals surface area contributed by atoms with E-state index in [2.05, 4.69) is 13.5 Å². The van der Waals surface area contributed by atoms with Crippen molar-refractivity contribution in [3.8, 4) is 5.75 Å². The molecule has 124 valence electrons. The van der Waals surface area contributed by atoms with Crippen molar-refractivity contribution in [1.82, 2.24) is 0 Å². The average molecular weight is 316 g/mol. The molecule has 1 aromatic carbocycles. The Balaban J connectivity index is 2.00. The van der Waals surface area contributed by atoms with Crippen molar-refractivity contribution in [1.29, 1.82) is 0 Å². The fraction of sp³-hybridized carbons (Fsp3) is 0.450. The van der Waals surface area contributed by atoms with Crippen molar-refractivity contribution >= 4 is 11.9 Å². The van der Waals surface area contributed by atoms with Gasteiger partial charge in [0.25, 0.3) is 0 Å². The Morgan fingerprint density at radius 3 is 2.39 bits per heavy atom. The van der Waals surface area contributed by atoms with E-state index in [1.54, 1.807) is 6.92 Å². The monoisotopic (exact) mass is 316 g/mol. The van der Waals surface area contributed by atoms with Crippen LogP contribution in [0.25, 0.3) is 5.57 Å². The Morgan fingerprint density at radius 1 is 1.26 bits per heavy atom. The molecule has 0 amide bonds. The van der Waals surface area contributed by atoms with Crippen LogP contribution in [0.3, 0.4) is 0 Å². The quantitative estimate of drug-likeness (QED) is 0.394. The van der Waals surface area contributed by atoms with Crippen LogP contribution in [0.1, 0.15) is 51.5 Å². The number of benzene rings is 1. The minimum Gasteiger partial charge on any atom is -0.490 e. The number of hydrogen-bond donors (Lipinski definition) is 0. The number of allylic oxidation sites excluding steroid dienone is 3. The Kier molecular flexibility index (Phi) is 6.14. The molecular weight excluding hydrogens is 291 g/mol. The fourth-order valence-corrected chi connectivity index (χ4v) is 3.05. The summed E-state index contributed by atoms with van der Waals surface area (Å²) in [6.07, 6.45) is 6.65. The molecule has 2 rings (SSSR count). The van der Waals surface area contributed by atoms with Crippen LogP contribution in [0.15, 0.2) is 42.2 Å². The van der Waals surface area contributed by atoms with E-state index in [0.29, 0.717) is 11.9 Å². The molecule has 0 bridgehead atoms. The lowest BCUT2D eigenvalue weighted by atomic mass is 9.86. The number of aldehydes is 1. The maximum atomic E-state index is 13.9. The molecule has 0 spiro atoms. The molecule has 0 aromatic heterocycles. The van der Waals surface area contributed by atoms with Gasteiger partial charge in [-0.25, -0.2) is 4.39 Å². The van der Waals surface area contributed by atoms with E-state index in [1.807, 2.05) is 24.3 Å². The van der Waals surface area contributed by atoms with Gasteiger partial charge in [0.1, 0.15) is 11.6 Å². The number of halogens is 1. The molecule has 1 aromatic rings. The lowest BCUT2D eigenvalue weighted by Gasteiger charge is -2.28. The van der Waals surface area contributed by atoms with E-state index in [1.165, 1.54) is 19.3 Å². The van der Waals surface area contributed by atoms with Crippen LogP contribution in [-0.4, -0.2) is 12.4 Å². The maximum Gasteiger partial charge on any atom is 0.152 e. The number of rotatable bonds is 6. The highest BCUT2D eigenvalue weighted by atomic mass is 19.1. The minimum atomic E-state index is -0.563. The molecule has 0 N–H and O–H groups in total. The summed E-state index contributed by atoms with van der Waals surface area (Å²) in [4.78, 5) is 10.6. The van der Waals surface area contributed by atoms with Gasteiger partial charge in [0.05, 0.1) is 6.10 Å². The topological polar surface area (TPSA) is 26.3 Å². The summed E-state index contributed by atoms with van der Waals surface area (Å²) in [6, 6.07) is 7.36. The van der Waals surface area contributed by atoms with Gasteiger partial charge in [-0.3, -0.25) is 4.79 Å². The summed E-state index contributed by atoms with van der Waals surface area (Å²) in [7, 11) is 0. The molecule has 0 aliphatic heterocycles. The molecule has 0 atom stereocenters. The second-order valence-electron chi connectivity index (χ2n) is 6.28. The molecule has 0 saturated heterocycles. The molecule has 23 heavy (non-hydrogen) atoms. The molecule has 0 radical (unpaired) electrons. The maximum absolute atomic E-state index is 13.9. The van der Waals surface area contributed by atoms with Gasteiger partial charge in [0.15, 0.2) is 6.29 Å². The molecule has 1 aliphatic rings. The van der Waals surface area contributed by atoms with Crippen molar-refractivity contribution in [2.75, 3.05) is 0 Å². The summed E-state index contributed by atoms with van der Waals surface area (Å²) in [5.74, 6) is 1.10. The third-order valence-electron chi connectivity index (χ3n) is 4.71. The predicted molar refractivity (Wildman–Crippen MR) is 92.0 cm³/mol. The van der Waals surface area contributed by atoms with Crippen molar-refractivity contribution < 1.29 is 13.9 Å². The van der Waals surface area contributed by atoms with Crippen LogP contribution in [-0.2, 0) is 4.79 Å². The lowest BCUT2D eigenvalue weighted by Crippen LogP contribution is -2.23. The first-order valence-electron chi connectivity index (χ1n) is 8.33. The van der Waals surface area contributed by atoms with Gasteiger partial charge in [-0.2, -0.15) is 0 Å². The smallest absolute Gasteiger partial charge is 0.152 e. The standard InChI is InChI=1S/C20H25FO2/c1-4-16-5-9-18(10-6-16)23-19-11-7-17(8-12-19)15(3)20(21)14(2)13-22/h7-8,11-13,16,18H,2,4-6,9-10H2,1,3H3/b20-15-/t16-,18+. The molecule has 1 saturated carbocycles. The van der Waals surface area contributed by atoms with Gasteiger partial charge < -0.3 is 4.74 Å². The first-order chi connectivity index (χ1) is 11.0. The average Bonchev–Trinajstić information content (AvgIpc) is 2.61. The number of carbonyl (C=O) groups is 1. The van der Waals surface area contributed by atoms with E-state index in [4.69, 9.17) is 4.74 Å². The first-order valence-corrected chi connectivity index (χ1v) is 8.33. The van der Waals surface area contributed by atoms with Gasteiger partial charge >= 0.3 is 0 Å². The van der Waals surface area contributed by atoms with Crippen molar-refractivity contribution in [3.63, 3.8) is 0 Å². The molecule has 0 unspecified atom stereocenters. The predicted octanol–water partition coefficient (Wildman–Crippen LogP) is 5.49. The van der Waals surface area contributed by atoms with Gasteiger partial charge in [0, 0.05) is 5.57 Å². The van der Waals surface area contributed by atoms with E-state index >= 15 is 0 Å². The highest BCUT2D eigenvalue weighted by Gasteiger charge is 2.21. The first kappa shape index (κ1) is 17.5.